The number of Topliss-reactive ketones (excluding diaryl/α,β-unsaturated/α-hetero) is 1. The van der Waals surface area contributed by atoms with E-state index in [4.69, 9.17) is 4.74 Å². The van der Waals surface area contributed by atoms with Crippen molar-refractivity contribution in [2.75, 3.05) is 23.7 Å². The summed E-state index contributed by atoms with van der Waals surface area (Å²) < 4.78 is 62.0. The van der Waals surface area contributed by atoms with Crippen LogP contribution in [0.25, 0.3) is 5.65 Å². The lowest BCUT2D eigenvalue weighted by Crippen LogP contribution is -2.19. The molecule has 1 aliphatic rings. The molecule has 1 N–H and O–H groups in total. The highest BCUT2D eigenvalue weighted by Crippen LogP contribution is 2.26. The van der Waals surface area contributed by atoms with Crippen LogP contribution in [0, 0.1) is 11.6 Å². The first-order chi connectivity index (χ1) is 15.3. The third-order valence-corrected chi connectivity index (χ3v) is 6.68. The van der Waals surface area contributed by atoms with E-state index in [2.05, 4.69) is 14.8 Å². The van der Waals surface area contributed by atoms with Crippen molar-refractivity contribution in [3.05, 3.63) is 59.0 Å². The summed E-state index contributed by atoms with van der Waals surface area (Å²) in [4.78, 5) is 17.0. The number of rotatable bonds is 8. The maximum Gasteiger partial charge on any atom is 0.232 e. The van der Waals surface area contributed by atoms with Crippen LogP contribution in [0.4, 0.5) is 14.5 Å². The van der Waals surface area contributed by atoms with Gasteiger partial charge in [0.15, 0.2) is 17.2 Å². The molecule has 2 aromatic heterocycles. The van der Waals surface area contributed by atoms with Gasteiger partial charge < -0.3 is 4.74 Å². The maximum absolute atomic E-state index is 14.9. The smallest absolute Gasteiger partial charge is 0.232 e. The van der Waals surface area contributed by atoms with E-state index in [0.29, 0.717) is 30.8 Å². The number of ether oxygens (including phenoxy) is 1. The van der Waals surface area contributed by atoms with Crippen LogP contribution in [-0.4, -0.2) is 47.8 Å². The van der Waals surface area contributed by atoms with Gasteiger partial charge in [0.05, 0.1) is 29.3 Å². The quantitative estimate of drug-likeness (QED) is 0.514. The van der Waals surface area contributed by atoms with Crippen molar-refractivity contribution >= 4 is 27.1 Å². The molecule has 32 heavy (non-hydrogen) atoms. The molecule has 1 saturated heterocycles. The van der Waals surface area contributed by atoms with Gasteiger partial charge in [0.2, 0.25) is 10.0 Å². The van der Waals surface area contributed by atoms with Gasteiger partial charge in [-0.15, -0.1) is 0 Å². The van der Waals surface area contributed by atoms with Gasteiger partial charge in [0.25, 0.3) is 0 Å². The normalized spacial score (nSPS) is 16.5. The Morgan fingerprint density at radius 2 is 2.16 bits per heavy atom. The topological polar surface area (TPSA) is 103 Å². The van der Waals surface area contributed by atoms with E-state index in [1.54, 1.807) is 13.1 Å². The van der Waals surface area contributed by atoms with Crippen molar-refractivity contribution in [3.63, 3.8) is 0 Å². The second-order valence-electron chi connectivity index (χ2n) is 7.70. The number of carbonyl (C=O) groups is 1. The predicted octanol–water partition coefficient (Wildman–Crippen LogP) is 3.09. The number of sulfonamides is 1. The number of fused-ring (bicyclic) bond motifs is 1. The molecule has 1 unspecified atom stereocenters. The predicted molar refractivity (Wildman–Crippen MR) is 113 cm³/mol. The molecule has 1 aromatic carbocycles. The number of hydrogen-bond donors (Lipinski definition) is 1. The van der Waals surface area contributed by atoms with Crippen LogP contribution in [0.15, 0.2) is 30.6 Å². The van der Waals surface area contributed by atoms with Crippen molar-refractivity contribution in [2.45, 2.75) is 32.1 Å². The Morgan fingerprint density at radius 3 is 2.88 bits per heavy atom. The minimum absolute atomic E-state index is 0.184. The van der Waals surface area contributed by atoms with Crippen LogP contribution in [0.3, 0.4) is 0 Å². The monoisotopic (exact) mass is 464 g/mol. The van der Waals surface area contributed by atoms with Crippen molar-refractivity contribution in [1.82, 2.24) is 14.6 Å². The molecular weight excluding hydrogens is 442 g/mol. The minimum Gasteiger partial charge on any atom is -0.381 e. The fourth-order valence-corrected chi connectivity index (χ4v) is 4.77. The summed E-state index contributed by atoms with van der Waals surface area (Å²) in [6.45, 7) is 2.92. The summed E-state index contributed by atoms with van der Waals surface area (Å²) in [6, 6.07) is 3.67. The number of nitrogens with one attached hydrogen (secondary N) is 1. The summed E-state index contributed by atoms with van der Waals surface area (Å²) in [5.74, 6) is -3.19. The zero-order valence-corrected chi connectivity index (χ0v) is 18.2. The summed E-state index contributed by atoms with van der Waals surface area (Å²) in [5, 5.41) is 4.48. The second kappa shape index (κ2) is 8.91. The third kappa shape index (κ3) is 4.63. The van der Waals surface area contributed by atoms with Gasteiger partial charge in [-0.05, 0) is 30.5 Å². The number of nitrogens with zero attached hydrogens (tertiary/aromatic N) is 3. The lowest BCUT2D eigenvalue weighted by atomic mass is 10.0. The molecule has 0 amide bonds. The molecule has 0 radical (unpaired) electrons. The van der Waals surface area contributed by atoms with Gasteiger partial charge >= 0.3 is 0 Å². The molecule has 1 atom stereocenters. The lowest BCUT2D eigenvalue weighted by molar-refractivity contribution is 0.0984. The Hall–Kier alpha value is -2.92. The van der Waals surface area contributed by atoms with E-state index in [-0.39, 0.29) is 18.1 Å². The van der Waals surface area contributed by atoms with Gasteiger partial charge in [0.1, 0.15) is 5.82 Å². The second-order valence-corrected chi connectivity index (χ2v) is 9.54. The first-order valence-electron chi connectivity index (χ1n) is 10.2. The van der Waals surface area contributed by atoms with Gasteiger partial charge in [-0.25, -0.2) is 26.7 Å². The maximum atomic E-state index is 14.9. The average Bonchev–Trinajstić information content (AvgIpc) is 3.39. The van der Waals surface area contributed by atoms with Gasteiger partial charge in [-0.1, -0.05) is 6.92 Å². The van der Waals surface area contributed by atoms with Crippen LogP contribution < -0.4 is 4.72 Å². The molecule has 0 saturated carbocycles. The number of halogens is 2. The molecule has 0 aliphatic carbocycles. The zero-order chi connectivity index (χ0) is 22.9. The molecule has 8 nitrogen and oxygen atoms in total. The fourth-order valence-electron chi connectivity index (χ4n) is 3.64. The van der Waals surface area contributed by atoms with E-state index in [1.165, 1.54) is 10.7 Å². The lowest BCUT2D eigenvalue weighted by Gasteiger charge is -2.11. The highest BCUT2D eigenvalue weighted by Gasteiger charge is 2.24. The molecule has 170 valence electrons. The van der Waals surface area contributed by atoms with Gasteiger partial charge in [0, 0.05) is 37.4 Å². The van der Waals surface area contributed by atoms with Crippen LogP contribution in [0.2, 0.25) is 0 Å². The third-order valence-electron chi connectivity index (χ3n) is 5.21. The van der Waals surface area contributed by atoms with Crippen molar-refractivity contribution in [1.29, 1.82) is 0 Å². The van der Waals surface area contributed by atoms with Gasteiger partial charge in [-0.3, -0.25) is 9.52 Å². The highest BCUT2D eigenvalue weighted by atomic mass is 32.2. The minimum atomic E-state index is -3.80. The average molecular weight is 464 g/mol. The van der Waals surface area contributed by atoms with Gasteiger partial charge in [-0.2, -0.15) is 5.10 Å². The zero-order valence-electron chi connectivity index (χ0n) is 17.3. The Balaban J connectivity index is 1.58. The molecule has 3 heterocycles. The van der Waals surface area contributed by atoms with E-state index in [9.17, 15) is 22.0 Å². The number of benzene rings is 1. The molecule has 1 fully saturated rings. The fraction of sp³-hybridized carbons (Fsp3) is 0.381. The summed E-state index contributed by atoms with van der Waals surface area (Å²) in [7, 11) is -3.80. The van der Waals surface area contributed by atoms with E-state index >= 15 is 0 Å². The number of carbonyl (C=O) groups excluding carboxylic acids is 1. The highest BCUT2D eigenvalue weighted by molar-refractivity contribution is 7.92. The van der Waals surface area contributed by atoms with Crippen LogP contribution in [0.5, 0.6) is 0 Å². The van der Waals surface area contributed by atoms with Crippen LogP contribution in [0.1, 0.15) is 47.3 Å². The number of aromatic nitrogens is 3. The first kappa shape index (κ1) is 22.3. The van der Waals surface area contributed by atoms with E-state index in [1.807, 2.05) is 6.07 Å². The first-order valence-corrected chi connectivity index (χ1v) is 11.9. The standard InChI is InChI=1S/C21H22F2N4O4S/c1-2-7-32(29,30)26-16-4-3-15(22)20(21(16)23)18(28)8-13-10-24-19-9-17(25-27(19)11-13)14-5-6-31-12-14/h3-4,9-11,14,26H,2,5-8,12H2,1H3. The van der Waals surface area contributed by atoms with Crippen LogP contribution in [-0.2, 0) is 21.2 Å². The Labute approximate surface area is 183 Å². The molecule has 1 aliphatic heterocycles. The molecular formula is C21H22F2N4O4S. The van der Waals surface area contributed by atoms with Crippen molar-refractivity contribution in [2.24, 2.45) is 0 Å². The van der Waals surface area contributed by atoms with Crippen molar-refractivity contribution < 1.29 is 26.7 Å². The Morgan fingerprint density at radius 1 is 1.34 bits per heavy atom. The SMILES string of the molecule is CCCS(=O)(=O)Nc1ccc(F)c(C(=O)Cc2cnc3cc(C4CCOC4)nn3c2)c1F. The number of ketones is 1. The van der Waals surface area contributed by atoms with E-state index in [0.717, 1.165) is 24.2 Å². The summed E-state index contributed by atoms with van der Waals surface area (Å²) in [6.07, 6.45) is 3.90. The molecule has 0 spiro atoms. The van der Waals surface area contributed by atoms with Crippen LogP contribution >= 0.6 is 0 Å². The number of anilines is 1. The summed E-state index contributed by atoms with van der Waals surface area (Å²) >= 11 is 0. The number of hydrogen-bond acceptors (Lipinski definition) is 6. The van der Waals surface area contributed by atoms with Crippen molar-refractivity contribution in [3.8, 4) is 0 Å². The molecule has 4 rings (SSSR count). The van der Waals surface area contributed by atoms with E-state index < -0.39 is 38.7 Å². The molecule has 3 aromatic rings. The Kier molecular flexibility index (Phi) is 6.20. The largest absolute Gasteiger partial charge is 0.381 e. The molecule has 0 bridgehead atoms. The Bertz CT molecular complexity index is 1270. The molecule has 11 heteroatoms. The summed E-state index contributed by atoms with van der Waals surface area (Å²) in [5.41, 5.74) is 0.573.